The number of hydrogen-bond donors (Lipinski definition) is 2. The van der Waals surface area contributed by atoms with Crippen LogP contribution in [-0.4, -0.2) is 35.7 Å². The van der Waals surface area contributed by atoms with Gasteiger partial charge in [-0.05, 0) is 42.3 Å². The maximum Gasteiger partial charge on any atom is 0.261 e. The molecule has 0 atom stereocenters. The molecule has 2 heterocycles. The van der Waals surface area contributed by atoms with Gasteiger partial charge in [0, 0.05) is 28.6 Å². The lowest BCUT2D eigenvalue weighted by atomic mass is 10.1. The average Bonchev–Trinajstić information content (AvgIpc) is 3.03. The fourth-order valence-electron chi connectivity index (χ4n) is 2.65. The number of carbonyl (C=O) groups excluding carboxylic acids is 3. The minimum atomic E-state index is -0.589. The standard InChI is InChI=1S/C17H16ClN3O3S/c18-12-3-1-10(2-4-12)17(24)21-6-5-13-11(9-21)7-14(25-13)16(23)20-8-15(19)22/h1-4,7H,5-6,8-9H2,(H2,19,22)(H,20,23). The van der Waals surface area contributed by atoms with Crippen molar-refractivity contribution in [1.29, 1.82) is 0 Å². The summed E-state index contributed by atoms with van der Waals surface area (Å²) in [6, 6.07) is 8.57. The van der Waals surface area contributed by atoms with Crippen LogP contribution in [0.15, 0.2) is 30.3 Å². The van der Waals surface area contributed by atoms with Gasteiger partial charge >= 0.3 is 0 Å². The summed E-state index contributed by atoms with van der Waals surface area (Å²) in [4.78, 5) is 38.8. The zero-order valence-electron chi connectivity index (χ0n) is 13.3. The average molecular weight is 378 g/mol. The molecule has 3 amide bonds. The van der Waals surface area contributed by atoms with E-state index < -0.39 is 5.91 Å². The van der Waals surface area contributed by atoms with E-state index in [1.165, 1.54) is 11.3 Å². The largest absolute Gasteiger partial charge is 0.368 e. The van der Waals surface area contributed by atoms with Crippen LogP contribution < -0.4 is 11.1 Å². The summed E-state index contributed by atoms with van der Waals surface area (Å²) in [5, 5.41) is 3.06. The van der Waals surface area contributed by atoms with E-state index in [1.807, 2.05) is 0 Å². The number of rotatable bonds is 4. The number of benzene rings is 1. The number of fused-ring (bicyclic) bond motifs is 1. The van der Waals surface area contributed by atoms with Crippen LogP contribution >= 0.6 is 22.9 Å². The molecule has 0 radical (unpaired) electrons. The van der Waals surface area contributed by atoms with Gasteiger partial charge < -0.3 is 16.0 Å². The molecule has 0 aliphatic carbocycles. The summed E-state index contributed by atoms with van der Waals surface area (Å²) < 4.78 is 0. The van der Waals surface area contributed by atoms with Gasteiger partial charge in [-0.1, -0.05) is 11.6 Å². The summed E-state index contributed by atoms with van der Waals surface area (Å²) >= 11 is 7.24. The molecule has 1 aromatic heterocycles. The molecule has 1 aliphatic heterocycles. The van der Waals surface area contributed by atoms with E-state index in [9.17, 15) is 14.4 Å². The Labute approximate surface area is 153 Å². The van der Waals surface area contributed by atoms with Crippen molar-refractivity contribution in [3.05, 3.63) is 56.2 Å². The van der Waals surface area contributed by atoms with E-state index in [4.69, 9.17) is 17.3 Å². The minimum absolute atomic E-state index is 0.0618. The molecular weight excluding hydrogens is 362 g/mol. The predicted molar refractivity (Wildman–Crippen MR) is 95.7 cm³/mol. The van der Waals surface area contributed by atoms with E-state index >= 15 is 0 Å². The third-order valence-corrected chi connectivity index (χ3v) is 5.38. The molecule has 1 aliphatic rings. The molecule has 0 unspecified atom stereocenters. The SMILES string of the molecule is NC(=O)CNC(=O)c1cc2c(s1)CCN(C(=O)c1ccc(Cl)cc1)C2. The third kappa shape index (κ3) is 4.00. The van der Waals surface area contributed by atoms with Crippen molar-refractivity contribution in [1.82, 2.24) is 10.2 Å². The summed E-state index contributed by atoms with van der Waals surface area (Å²) in [5.41, 5.74) is 6.58. The summed E-state index contributed by atoms with van der Waals surface area (Å²) in [6.45, 7) is 0.857. The van der Waals surface area contributed by atoms with Crippen LogP contribution in [0.25, 0.3) is 0 Å². The molecule has 0 saturated carbocycles. The molecule has 3 N–H and O–H groups in total. The number of nitrogens with two attached hydrogens (primary N) is 1. The topological polar surface area (TPSA) is 92.5 Å². The number of nitrogens with zero attached hydrogens (tertiary/aromatic N) is 1. The number of primary amides is 1. The maximum atomic E-state index is 12.6. The zero-order valence-corrected chi connectivity index (χ0v) is 14.8. The second-order valence-electron chi connectivity index (χ2n) is 5.69. The number of nitrogens with one attached hydrogen (secondary N) is 1. The first-order chi connectivity index (χ1) is 11.9. The second-order valence-corrected chi connectivity index (χ2v) is 7.26. The fourth-order valence-corrected chi connectivity index (χ4v) is 3.85. The van der Waals surface area contributed by atoms with Gasteiger partial charge in [0.05, 0.1) is 11.4 Å². The lowest BCUT2D eigenvalue weighted by molar-refractivity contribution is -0.117. The van der Waals surface area contributed by atoms with Crippen LogP contribution in [-0.2, 0) is 17.8 Å². The van der Waals surface area contributed by atoms with E-state index in [2.05, 4.69) is 5.32 Å². The molecule has 8 heteroatoms. The molecule has 0 spiro atoms. The van der Waals surface area contributed by atoms with Crippen molar-refractivity contribution in [2.75, 3.05) is 13.1 Å². The zero-order chi connectivity index (χ0) is 18.0. The Bertz CT molecular complexity index is 832. The highest BCUT2D eigenvalue weighted by molar-refractivity contribution is 7.14. The quantitative estimate of drug-likeness (QED) is 0.851. The monoisotopic (exact) mass is 377 g/mol. The van der Waals surface area contributed by atoms with Crippen molar-refractivity contribution >= 4 is 40.7 Å². The second kappa shape index (κ2) is 7.25. The van der Waals surface area contributed by atoms with Crippen LogP contribution in [0.4, 0.5) is 0 Å². The van der Waals surface area contributed by atoms with Crippen molar-refractivity contribution in [2.45, 2.75) is 13.0 Å². The number of amides is 3. The lowest BCUT2D eigenvalue weighted by Crippen LogP contribution is -2.35. The Balaban J connectivity index is 1.71. The van der Waals surface area contributed by atoms with Crippen molar-refractivity contribution in [3.8, 4) is 0 Å². The first-order valence-corrected chi connectivity index (χ1v) is 8.86. The highest BCUT2D eigenvalue weighted by atomic mass is 35.5. The van der Waals surface area contributed by atoms with Crippen LogP contribution in [0, 0.1) is 0 Å². The van der Waals surface area contributed by atoms with Gasteiger partial charge in [-0.2, -0.15) is 0 Å². The maximum absolute atomic E-state index is 12.6. The van der Waals surface area contributed by atoms with Crippen molar-refractivity contribution < 1.29 is 14.4 Å². The van der Waals surface area contributed by atoms with Gasteiger partial charge in [0.1, 0.15) is 0 Å². The van der Waals surface area contributed by atoms with Gasteiger partial charge in [0.15, 0.2) is 0 Å². The lowest BCUT2D eigenvalue weighted by Gasteiger charge is -2.27. The smallest absolute Gasteiger partial charge is 0.261 e. The van der Waals surface area contributed by atoms with E-state index in [1.54, 1.807) is 35.2 Å². The van der Waals surface area contributed by atoms with Gasteiger partial charge in [0.25, 0.3) is 11.8 Å². The molecule has 6 nitrogen and oxygen atoms in total. The van der Waals surface area contributed by atoms with E-state index in [0.717, 1.165) is 10.4 Å². The van der Waals surface area contributed by atoms with E-state index in [-0.39, 0.29) is 18.4 Å². The van der Waals surface area contributed by atoms with Crippen molar-refractivity contribution in [3.63, 3.8) is 0 Å². The molecule has 0 bridgehead atoms. The van der Waals surface area contributed by atoms with Crippen LogP contribution in [0.5, 0.6) is 0 Å². The highest BCUT2D eigenvalue weighted by Gasteiger charge is 2.25. The summed E-state index contributed by atoms with van der Waals surface area (Å²) in [5.74, 6) is -0.976. The van der Waals surface area contributed by atoms with Crippen LogP contribution in [0.1, 0.15) is 30.5 Å². The fraction of sp³-hybridized carbons (Fsp3) is 0.235. The van der Waals surface area contributed by atoms with Gasteiger partial charge in [-0.25, -0.2) is 0 Å². The van der Waals surface area contributed by atoms with Gasteiger partial charge in [0.2, 0.25) is 5.91 Å². The molecule has 25 heavy (non-hydrogen) atoms. The normalized spacial score (nSPS) is 13.2. The highest BCUT2D eigenvalue weighted by Crippen LogP contribution is 2.29. The van der Waals surface area contributed by atoms with Gasteiger partial charge in [-0.15, -0.1) is 11.3 Å². The number of thiophene rings is 1. The first kappa shape index (κ1) is 17.4. The Morgan fingerprint density at radius 1 is 1.24 bits per heavy atom. The van der Waals surface area contributed by atoms with Crippen LogP contribution in [0.3, 0.4) is 0 Å². The Kier molecular flexibility index (Phi) is 5.06. The van der Waals surface area contributed by atoms with Gasteiger partial charge in [-0.3, -0.25) is 14.4 Å². The molecule has 1 aromatic carbocycles. The first-order valence-electron chi connectivity index (χ1n) is 7.67. The molecular formula is C17H16ClN3O3S. The molecule has 3 rings (SSSR count). The Morgan fingerprint density at radius 3 is 2.64 bits per heavy atom. The molecule has 130 valence electrons. The van der Waals surface area contributed by atoms with E-state index in [0.29, 0.717) is 35.0 Å². The number of carbonyl (C=O) groups is 3. The van der Waals surface area contributed by atoms with Crippen LogP contribution in [0.2, 0.25) is 5.02 Å². The molecule has 0 fully saturated rings. The summed E-state index contributed by atoms with van der Waals surface area (Å²) in [7, 11) is 0. The summed E-state index contributed by atoms with van der Waals surface area (Å²) in [6.07, 6.45) is 0.697. The number of halogens is 1. The predicted octanol–water partition coefficient (Wildman–Crippen LogP) is 1.82. The third-order valence-electron chi connectivity index (χ3n) is 3.89. The Morgan fingerprint density at radius 2 is 1.96 bits per heavy atom. The number of hydrogen-bond acceptors (Lipinski definition) is 4. The molecule has 0 saturated heterocycles. The Hall–Kier alpha value is -2.38. The van der Waals surface area contributed by atoms with Crippen molar-refractivity contribution in [2.24, 2.45) is 5.73 Å². The minimum Gasteiger partial charge on any atom is -0.368 e. The molecule has 2 aromatic rings.